The zero-order valence-corrected chi connectivity index (χ0v) is 18.7. The van der Waals surface area contributed by atoms with Crippen LogP contribution in [0.2, 0.25) is 15.1 Å². The Kier molecular flexibility index (Phi) is 7.59. The fourth-order valence-electron chi connectivity index (χ4n) is 2.69. The Balaban J connectivity index is 1.67. The van der Waals surface area contributed by atoms with Crippen LogP contribution in [-0.4, -0.2) is 5.91 Å². The van der Waals surface area contributed by atoms with E-state index in [1.165, 1.54) is 6.08 Å². The van der Waals surface area contributed by atoms with Gasteiger partial charge in [0.25, 0.3) is 5.91 Å². The van der Waals surface area contributed by atoms with Crippen LogP contribution in [0.25, 0.3) is 6.08 Å². The summed E-state index contributed by atoms with van der Waals surface area (Å²) in [6, 6.07) is 19.5. The summed E-state index contributed by atoms with van der Waals surface area (Å²) < 4.78 is 5.74. The molecule has 0 unspecified atom stereocenters. The number of aryl methyl sites for hydroxylation is 1. The molecule has 0 spiro atoms. The number of halogens is 3. The fourth-order valence-corrected chi connectivity index (χ4v) is 3.18. The molecule has 0 aromatic heterocycles. The Morgan fingerprint density at radius 2 is 1.77 bits per heavy atom. The monoisotopic (exact) mass is 470 g/mol. The van der Waals surface area contributed by atoms with Gasteiger partial charge in [-0.05, 0) is 66.1 Å². The molecule has 0 aliphatic rings. The van der Waals surface area contributed by atoms with Crippen molar-refractivity contribution in [3.05, 3.63) is 98.0 Å². The number of carbonyl (C=O) groups is 1. The zero-order valence-electron chi connectivity index (χ0n) is 16.5. The van der Waals surface area contributed by atoms with Crippen molar-refractivity contribution < 1.29 is 9.53 Å². The Hall–Kier alpha value is -2.97. The van der Waals surface area contributed by atoms with Crippen molar-refractivity contribution in [3.8, 4) is 11.8 Å². The van der Waals surface area contributed by atoms with Gasteiger partial charge in [0.1, 0.15) is 24.0 Å². The van der Waals surface area contributed by atoms with Gasteiger partial charge in [0, 0.05) is 10.7 Å². The average Bonchev–Trinajstić information content (AvgIpc) is 2.76. The molecule has 0 aliphatic heterocycles. The summed E-state index contributed by atoms with van der Waals surface area (Å²) in [6.45, 7) is 2.18. The molecule has 0 saturated carbocycles. The summed E-state index contributed by atoms with van der Waals surface area (Å²) in [7, 11) is 0. The number of anilines is 1. The van der Waals surface area contributed by atoms with Gasteiger partial charge >= 0.3 is 0 Å². The molecule has 1 N–H and O–H groups in total. The van der Waals surface area contributed by atoms with E-state index in [1.54, 1.807) is 54.6 Å². The highest BCUT2D eigenvalue weighted by Crippen LogP contribution is 2.24. The maximum absolute atomic E-state index is 12.5. The van der Waals surface area contributed by atoms with Gasteiger partial charge in [0.15, 0.2) is 0 Å². The van der Waals surface area contributed by atoms with Gasteiger partial charge in [-0.3, -0.25) is 4.79 Å². The molecule has 31 heavy (non-hydrogen) atoms. The van der Waals surface area contributed by atoms with Crippen molar-refractivity contribution in [2.75, 3.05) is 5.32 Å². The largest absolute Gasteiger partial charge is 0.489 e. The number of rotatable bonds is 6. The number of ether oxygens (including phenoxy) is 1. The van der Waals surface area contributed by atoms with Crippen molar-refractivity contribution in [1.29, 1.82) is 5.26 Å². The second-order valence-electron chi connectivity index (χ2n) is 6.69. The highest BCUT2D eigenvalue weighted by atomic mass is 35.5. The first kappa shape index (κ1) is 22.7. The standard InChI is InChI=1S/C24H17Cl3N2O2/c1-15-2-6-19(25)12-23(15)29-24(30)18(13-28)10-16-3-7-20(8-4-16)31-14-17-5-9-21(26)22(27)11-17/h2-12H,14H2,1H3,(H,29,30)/b18-10+. The van der Waals surface area contributed by atoms with E-state index in [-0.39, 0.29) is 5.57 Å². The number of hydrogen-bond acceptors (Lipinski definition) is 3. The van der Waals surface area contributed by atoms with Crippen LogP contribution in [0.3, 0.4) is 0 Å². The van der Waals surface area contributed by atoms with Gasteiger partial charge in [-0.2, -0.15) is 5.26 Å². The van der Waals surface area contributed by atoms with Gasteiger partial charge < -0.3 is 10.1 Å². The summed E-state index contributed by atoms with van der Waals surface area (Å²) in [5.41, 5.74) is 2.96. The molecule has 0 fully saturated rings. The number of nitrogens with one attached hydrogen (secondary N) is 1. The molecule has 4 nitrogen and oxygen atoms in total. The van der Waals surface area contributed by atoms with Crippen molar-refractivity contribution >= 4 is 52.5 Å². The molecule has 0 heterocycles. The highest BCUT2D eigenvalue weighted by Gasteiger charge is 2.11. The minimum Gasteiger partial charge on any atom is -0.489 e. The van der Waals surface area contributed by atoms with Gasteiger partial charge in [0.05, 0.1) is 10.0 Å². The van der Waals surface area contributed by atoms with E-state index >= 15 is 0 Å². The Morgan fingerprint density at radius 1 is 1.03 bits per heavy atom. The van der Waals surface area contributed by atoms with Crippen LogP contribution in [0.4, 0.5) is 5.69 Å². The fraction of sp³-hybridized carbons (Fsp3) is 0.0833. The van der Waals surface area contributed by atoms with Crippen molar-refractivity contribution in [3.63, 3.8) is 0 Å². The SMILES string of the molecule is Cc1ccc(Cl)cc1NC(=O)/C(C#N)=C/c1ccc(OCc2ccc(Cl)c(Cl)c2)cc1. The Bertz CT molecular complexity index is 1180. The van der Waals surface area contributed by atoms with E-state index in [4.69, 9.17) is 39.5 Å². The molecule has 1 amide bonds. The van der Waals surface area contributed by atoms with Gasteiger partial charge in [-0.15, -0.1) is 0 Å². The van der Waals surface area contributed by atoms with Gasteiger partial charge in [-0.1, -0.05) is 59.1 Å². The molecule has 7 heteroatoms. The summed E-state index contributed by atoms with van der Waals surface area (Å²) >= 11 is 17.9. The summed E-state index contributed by atoms with van der Waals surface area (Å²) in [4.78, 5) is 12.5. The van der Waals surface area contributed by atoms with Crippen molar-refractivity contribution in [2.24, 2.45) is 0 Å². The smallest absolute Gasteiger partial charge is 0.266 e. The van der Waals surface area contributed by atoms with Crippen LogP contribution in [0.1, 0.15) is 16.7 Å². The quantitative estimate of drug-likeness (QED) is 0.308. The number of amides is 1. The third kappa shape index (κ3) is 6.26. The van der Waals surface area contributed by atoms with Crippen LogP contribution < -0.4 is 10.1 Å². The average molecular weight is 472 g/mol. The molecule has 3 aromatic rings. The Morgan fingerprint density at radius 3 is 2.45 bits per heavy atom. The number of nitriles is 1. The molecule has 0 bridgehead atoms. The molecule has 3 rings (SSSR count). The topological polar surface area (TPSA) is 62.1 Å². The maximum Gasteiger partial charge on any atom is 0.266 e. The normalized spacial score (nSPS) is 11.0. The predicted octanol–water partition coefficient (Wildman–Crippen LogP) is 7.08. The van der Waals surface area contributed by atoms with E-state index in [0.29, 0.717) is 38.7 Å². The minimum atomic E-state index is -0.507. The van der Waals surface area contributed by atoms with E-state index in [2.05, 4.69) is 5.32 Å². The molecule has 0 atom stereocenters. The zero-order chi connectivity index (χ0) is 22.4. The molecular weight excluding hydrogens is 455 g/mol. The van der Waals surface area contributed by atoms with E-state index in [0.717, 1.165) is 11.1 Å². The number of nitrogens with zero attached hydrogens (tertiary/aromatic N) is 1. The third-order valence-corrected chi connectivity index (χ3v) is 5.37. The lowest BCUT2D eigenvalue weighted by Crippen LogP contribution is -2.14. The molecular formula is C24H17Cl3N2O2. The number of hydrogen-bond donors (Lipinski definition) is 1. The first-order valence-electron chi connectivity index (χ1n) is 9.22. The Labute approximate surface area is 195 Å². The van der Waals surface area contributed by atoms with Gasteiger partial charge in [-0.25, -0.2) is 0 Å². The lowest BCUT2D eigenvalue weighted by atomic mass is 10.1. The van der Waals surface area contributed by atoms with Crippen LogP contribution in [0.15, 0.2) is 66.2 Å². The van der Waals surface area contributed by atoms with Gasteiger partial charge in [0.2, 0.25) is 0 Å². The second kappa shape index (κ2) is 10.4. The van der Waals surface area contributed by atoms with Crippen LogP contribution in [0.5, 0.6) is 5.75 Å². The first-order valence-corrected chi connectivity index (χ1v) is 10.3. The predicted molar refractivity (Wildman–Crippen MR) is 126 cm³/mol. The van der Waals surface area contributed by atoms with E-state index < -0.39 is 5.91 Å². The second-order valence-corrected chi connectivity index (χ2v) is 7.94. The van der Waals surface area contributed by atoms with Crippen LogP contribution in [-0.2, 0) is 11.4 Å². The molecule has 0 radical (unpaired) electrons. The minimum absolute atomic E-state index is 0.0242. The summed E-state index contributed by atoms with van der Waals surface area (Å²) in [5, 5.41) is 13.6. The molecule has 156 valence electrons. The van der Waals surface area contributed by atoms with Crippen molar-refractivity contribution in [1.82, 2.24) is 0 Å². The van der Waals surface area contributed by atoms with Crippen molar-refractivity contribution in [2.45, 2.75) is 13.5 Å². The number of carbonyl (C=O) groups excluding carboxylic acids is 1. The summed E-state index contributed by atoms with van der Waals surface area (Å²) in [5.74, 6) is 0.133. The van der Waals surface area contributed by atoms with Crippen LogP contribution >= 0.6 is 34.8 Å². The molecule has 0 aliphatic carbocycles. The number of benzene rings is 3. The molecule has 0 saturated heterocycles. The van der Waals surface area contributed by atoms with Crippen LogP contribution in [0, 0.1) is 18.3 Å². The summed E-state index contributed by atoms with van der Waals surface area (Å²) in [6.07, 6.45) is 1.51. The maximum atomic E-state index is 12.5. The first-order chi connectivity index (χ1) is 14.9. The molecule has 3 aromatic carbocycles. The lowest BCUT2D eigenvalue weighted by Gasteiger charge is -2.09. The van der Waals surface area contributed by atoms with E-state index in [9.17, 15) is 10.1 Å². The third-order valence-electron chi connectivity index (χ3n) is 4.39. The highest BCUT2D eigenvalue weighted by molar-refractivity contribution is 6.42. The van der Waals surface area contributed by atoms with E-state index in [1.807, 2.05) is 19.1 Å². The lowest BCUT2D eigenvalue weighted by molar-refractivity contribution is -0.112.